The quantitative estimate of drug-likeness (QED) is 0.784. The van der Waals surface area contributed by atoms with Crippen LogP contribution in [0.15, 0.2) is 18.2 Å². The Morgan fingerprint density at radius 2 is 1.81 bits per heavy atom. The maximum Gasteiger partial charge on any atom is 0.170 e. The number of anilines is 1. The molecular weight excluding hydrogens is 284 g/mol. The normalized spacial score (nSPS) is 14.8. The van der Waals surface area contributed by atoms with Crippen molar-refractivity contribution >= 4 is 23.0 Å². The number of thiocarbonyl (C=S) groups is 1. The van der Waals surface area contributed by atoms with Crippen LogP contribution in [-0.2, 0) is 0 Å². The van der Waals surface area contributed by atoms with E-state index < -0.39 is 0 Å². The molecule has 1 aliphatic carbocycles. The van der Waals surface area contributed by atoms with Gasteiger partial charge in [-0.3, -0.25) is 0 Å². The predicted octanol–water partition coefficient (Wildman–Crippen LogP) is 3.71. The smallest absolute Gasteiger partial charge is 0.170 e. The van der Waals surface area contributed by atoms with E-state index in [4.69, 9.17) is 21.7 Å². The molecule has 0 spiro atoms. The maximum absolute atomic E-state index is 5.62. The van der Waals surface area contributed by atoms with Gasteiger partial charge in [0, 0.05) is 17.8 Å². The van der Waals surface area contributed by atoms with Crippen LogP contribution >= 0.6 is 12.2 Å². The van der Waals surface area contributed by atoms with Crippen molar-refractivity contribution in [2.75, 3.05) is 18.5 Å². The molecule has 0 saturated heterocycles. The van der Waals surface area contributed by atoms with Gasteiger partial charge in [-0.15, -0.1) is 0 Å². The first-order valence-electron chi connectivity index (χ1n) is 7.70. The van der Waals surface area contributed by atoms with Crippen LogP contribution in [0, 0.1) is 0 Å². The van der Waals surface area contributed by atoms with Crippen molar-refractivity contribution in [3.05, 3.63) is 18.2 Å². The van der Waals surface area contributed by atoms with Crippen LogP contribution in [0.3, 0.4) is 0 Å². The Bertz CT molecular complexity index is 473. The first-order valence-corrected chi connectivity index (χ1v) is 8.11. The van der Waals surface area contributed by atoms with Crippen molar-refractivity contribution in [1.82, 2.24) is 5.32 Å². The fourth-order valence-corrected chi connectivity index (χ4v) is 2.84. The summed E-state index contributed by atoms with van der Waals surface area (Å²) in [6.07, 6.45) is 4.99. The van der Waals surface area contributed by atoms with Gasteiger partial charge in [-0.2, -0.15) is 0 Å². The molecule has 1 aliphatic rings. The highest BCUT2D eigenvalue weighted by molar-refractivity contribution is 7.80. The molecule has 0 unspecified atom stereocenters. The molecule has 1 saturated carbocycles. The lowest BCUT2D eigenvalue weighted by Crippen LogP contribution is -2.35. The summed E-state index contributed by atoms with van der Waals surface area (Å²) >= 11 is 5.37. The molecule has 0 heterocycles. The second kappa shape index (κ2) is 8.08. The fraction of sp³-hybridized carbons (Fsp3) is 0.562. The number of hydrogen-bond donors (Lipinski definition) is 2. The van der Waals surface area contributed by atoms with Crippen molar-refractivity contribution in [2.24, 2.45) is 0 Å². The van der Waals surface area contributed by atoms with E-state index >= 15 is 0 Å². The van der Waals surface area contributed by atoms with Gasteiger partial charge in [-0.25, -0.2) is 0 Å². The van der Waals surface area contributed by atoms with Gasteiger partial charge >= 0.3 is 0 Å². The first-order chi connectivity index (χ1) is 10.2. The van der Waals surface area contributed by atoms with Crippen molar-refractivity contribution in [1.29, 1.82) is 0 Å². The van der Waals surface area contributed by atoms with E-state index in [1.165, 1.54) is 25.7 Å². The first kappa shape index (κ1) is 15.9. The number of ether oxygens (including phenoxy) is 2. The van der Waals surface area contributed by atoms with E-state index in [0.717, 1.165) is 17.2 Å². The van der Waals surface area contributed by atoms with Gasteiger partial charge in [0.2, 0.25) is 0 Å². The SMILES string of the molecule is CCOc1ccc(NC(=S)NC2CCCC2)cc1OCC. The number of rotatable bonds is 6. The Kier molecular flexibility index (Phi) is 6.11. The maximum atomic E-state index is 5.62. The molecule has 0 amide bonds. The van der Waals surface area contributed by atoms with E-state index in [1.54, 1.807) is 0 Å². The number of hydrogen-bond acceptors (Lipinski definition) is 3. The van der Waals surface area contributed by atoms with Gasteiger partial charge in [0.15, 0.2) is 16.6 Å². The van der Waals surface area contributed by atoms with Gasteiger partial charge < -0.3 is 20.1 Å². The summed E-state index contributed by atoms with van der Waals surface area (Å²) in [5, 5.41) is 7.26. The lowest BCUT2D eigenvalue weighted by molar-refractivity contribution is 0.288. The van der Waals surface area contributed by atoms with Crippen LogP contribution in [0.1, 0.15) is 39.5 Å². The molecular formula is C16H24N2O2S. The summed E-state index contributed by atoms with van der Waals surface area (Å²) in [6, 6.07) is 6.31. The lowest BCUT2D eigenvalue weighted by atomic mass is 10.2. The summed E-state index contributed by atoms with van der Waals surface area (Å²) in [6.45, 7) is 5.15. The van der Waals surface area contributed by atoms with E-state index in [-0.39, 0.29) is 0 Å². The standard InChI is InChI=1S/C16H24N2O2S/c1-3-19-14-10-9-13(11-15(14)20-4-2)18-16(21)17-12-7-5-6-8-12/h9-12H,3-8H2,1-2H3,(H2,17,18,21). The zero-order chi connectivity index (χ0) is 15.1. The van der Waals surface area contributed by atoms with Crippen LogP contribution < -0.4 is 20.1 Å². The third-order valence-corrected chi connectivity index (χ3v) is 3.71. The Labute approximate surface area is 132 Å². The molecule has 116 valence electrons. The van der Waals surface area contributed by atoms with Gasteiger partial charge in [-0.1, -0.05) is 12.8 Å². The minimum absolute atomic E-state index is 0.513. The molecule has 4 nitrogen and oxygen atoms in total. The highest BCUT2D eigenvalue weighted by Crippen LogP contribution is 2.30. The minimum atomic E-state index is 0.513. The average molecular weight is 308 g/mol. The predicted molar refractivity (Wildman–Crippen MR) is 90.4 cm³/mol. The Morgan fingerprint density at radius 3 is 2.48 bits per heavy atom. The van der Waals surface area contributed by atoms with Gasteiger partial charge in [0.1, 0.15) is 0 Å². The van der Waals surface area contributed by atoms with Crippen LogP contribution in [0.5, 0.6) is 11.5 Å². The highest BCUT2D eigenvalue weighted by atomic mass is 32.1. The number of nitrogens with one attached hydrogen (secondary N) is 2. The van der Waals surface area contributed by atoms with Crippen LogP contribution in [-0.4, -0.2) is 24.4 Å². The van der Waals surface area contributed by atoms with Crippen LogP contribution in [0.25, 0.3) is 0 Å². The van der Waals surface area contributed by atoms with Crippen molar-refractivity contribution in [3.8, 4) is 11.5 Å². The molecule has 0 bridgehead atoms. The second-order valence-electron chi connectivity index (χ2n) is 5.11. The molecule has 5 heteroatoms. The molecule has 1 fully saturated rings. The Morgan fingerprint density at radius 1 is 1.14 bits per heavy atom. The fourth-order valence-electron chi connectivity index (χ4n) is 2.55. The summed E-state index contributed by atoms with van der Waals surface area (Å²) < 4.78 is 11.2. The molecule has 0 aliphatic heterocycles. The van der Waals surface area contributed by atoms with Gasteiger partial charge in [0.25, 0.3) is 0 Å². The highest BCUT2D eigenvalue weighted by Gasteiger charge is 2.15. The van der Waals surface area contributed by atoms with Gasteiger partial charge in [0.05, 0.1) is 13.2 Å². The van der Waals surface area contributed by atoms with E-state index in [2.05, 4.69) is 10.6 Å². The molecule has 2 rings (SSSR count). The van der Waals surface area contributed by atoms with Crippen molar-refractivity contribution < 1.29 is 9.47 Å². The average Bonchev–Trinajstić information content (AvgIpc) is 2.95. The molecule has 0 radical (unpaired) electrons. The summed E-state index contributed by atoms with van der Waals surface area (Å²) in [5.41, 5.74) is 0.914. The molecule has 1 aromatic rings. The summed E-state index contributed by atoms with van der Waals surface area (Å²) in [7, 11) is 0. The van der Waals surface area contributed by atoms with Crippen LogP contribution in [0.4, 0.5) is 5.69 Å². The Balaban J connectivity index is 1.98. The van der Waals surface area contributed by atoms with Crippen molar-refractivity contribution in [3.63, 3.8) is 0 Å². The van der Waals surface area contributed by atoms with Gasteiger partial charge in [-0.05, 0) is 51.0 Å². The summed E-state index contributed by atoms with van der Waals surface area (Å²) in [5.74, 6) is 1.51. The third kappa shape index (κ3) is 4.77. The second-order valence-corrected chi connectivity index (χ2v) is 5.52. The van der Waals surface area contributed by atoms with E-state index in [9.17, 15) is 0 Å². The molecule has 21 heavy (non-hydrogen) atoms. The summed E-state index contributed by atoms with van der Waals surface area (Å²) in [4.78, 5) is 0. The Hall–Kier alpha value is -1.49. The molecule has 1 aromatic carbocycles. The topological polar surface area (TPSA) is 42.5 Å². The third-order valence-electron chi connectivity index (χ3n) is 3.49. The largest absolute Gasteiger partial charge is 0.490 e. The monoisotopic (exact) mass is 308 g/mol. The molecule has 0 aromatic heterocycles. The minimum Gasteiger partial charge on any atom is -0.490 e. The van der Waals surface area contributed by atoms with E-state index in [0.29, 0.717) is 24.4 Å². The zero-order valence-corrected chi connectivity index (χ0v) is 13.6. The lowest BCUT2D eigenvalue weighted by Gasteiger charge is -2.17. The van der Waals surface area contributed by atoms with Crippen molar-refractivity contribution in [2.45, 2.75) is 45.6 Å². The zero-order valence-electron chi connectivity index (χ0n) is 12.8. The van der Waals surface area contributed by atoms with Crippen LogP contribution in [0.2, 0.25) is 0 Å². The number of benzene rings is 1. The van der Waals surface area contributed by atoms with E-state index in [1.807, 2.05) is 32.0 Å². The molecule has 0 atom stereocenters. The molecule has 2 N–H and O–H groups in total.